The predicted octanol–water partition coefficient (Wildman–Crippen LogP) is 1.70. The SMILES string of the molecule is Cc1occc1CN(C)CC(C)(C)N1CCNCC1. The number of aryl methyl sites for hydroxylation is 1. The van der Waals surface area contributed by atoms with Gasteiger partial charge in [0.25, 0.3) is 0 Å². The van der Waals surface area contributed by atoms with Crippen LogP contribution in [0.5, 0.6) is 0 Å². The molecule has 4 heteroatoms. The molecule has 0 aliphatic carbocycles. The highest BCUT2D eigenvalue weighted by Crippen LogP contribution is 2.18. The number of hydrogen-bond acceptors (Lipinski definition) is 4. The molecular weight excluding hydrogens is 238 g/mol. The first kappa shape index (κ1) is 14.6. The van der Waals surface area contributed by atoms with Crippen LogP contribution in [0.25, 0.3) is 0 Å². The maximum Gasteiger partial charge on any atom is 0.105 e. The summed E-state index contributed by atoms with van der Waals surface area (Å²) >= 11 is 0. The van der Waals surface area contributed by atoms with E-state index in [0.717, 1.165) is 45.0 Å². The Kier molecular flexibility index (Phi) is 4.66. The van der Waals surface area contributed by atoms with Crippen LogP contribution in [-0.4, -0.2) is 55.1 Å². The Labute approximate surface area is 116 Å². The number of furan rings is 1. The Morgan fingerprint density at radius 2 is 2.05 bits per heavy atom. The summed E-state index contributed by atoms with van der Waals surface area (Å²) in [6.45, 7) is 13.2. The normalized spacial score (nSPS) is 18.2. The van der Waals surface area contributed by atoms with Gasteiger partial charge in [-0.1, -0.05) is 0 Å². The molecule has 0 amide bonds. The van der Waals surface area contributed by atoms with Crippen molar-refractivity contribution >= 4 is 0 Å². The van der Waals surface area contributed by atoms with Gasteiger partial charge in [0.1, 0.15) is 5.76 Å². The first-order valence-electron chi connectivity index (χ1n) is 7.16. The molecule has 0 atom stereocenters. The molecule has 19 heavy (non-hydrogen) atoms. The van der Waals surface area contributed by atoms with E-state index in [2.05, 4.69) is 42.1 Å². The van der Waals surface area contributed by atoms with Gasteiger partial charge in [0.15, 0.2) is 0 Å². The van der Waals surface area contributed by atoms with Crippen LogP contribution in [0.3, 0.4) is 0 Å². The van der Waals surface area contributed by atoms with E-state index >= 15 is 0 Å². The molecule has 0 unspecified atom stereocenters. The molecule has 1 N–H and O–H groups in total. The highest BCUT2D eigenvalue weighted by molar-refractivity contribution is 5.15. The van der Waals surface area contributed by atoms with Gasteiger partial charge in [0.05, 0.1) is 6.26 Å². The molecule has 0 spiro atoms. The Hall–Kier alpha value is -0.840. The fourth-order valence-electron chi connectivity index (χ4n) is 2.95. The third kappa shape index (κ3) is 3.81. The summed E-state index contributed by atoms with van der Waals surface area (Å²) in [6.07, 6.45) is 1.78. The minimum atomic E-state index is 0.217. The summed E-state index contributed by atoms with van der Waals surface area (Å²) in [7, 11) is 2.19. The van der Waals surface area contributed by atoms with E-state index in [1.807, 2.05) is 6.92 Å². The van der Waals surface area contributed by atoms with Crippen LogP contribution < -0.4 is 5.32 Å². The topological polar surface area (TPSA) is 31.7 Å². The monoisotopic (exact) mass is 265 g/mol. The van der Waals surface area contributed by atoms with Crippen molar-refractivity contribution in [3.05, 3.63) is 23.7 Å². The average Bonchev–Trinajstić information content (AvgIpc) is 2.75. The van der Waals surface area contributed by atoms with Crippen LogP contribution in [0.1, 0.15) is 25.2 Å². The van der Waals surface area contributed by atoms with E-state index in [4.69, 9.17) is 4.42 Å². The number of nitrogens with one attached hydrogen (secondary N) is 1. The van der Waals surface area contributed by atoms with E-state index in [1.54, 1.807) is 6.26 Å². The molecule has 2 rings (SSSR count). The number of hydrogen-bond donors (Lipinski definition) is 1. The van der Waals surface area contributed by atoms with Crippen LogP contribution in [0.2, 0.25) is 0 Å². The number of nitrogens with zero attached hydrogens (tertiary/aromatic N) is 2. The third-order valence-electron chi connectivity index (χ3n) is 4.04. The van der Waals surface area contributed by atoms with Crippen LogP contribution in [-0.2, 0) is 6.54 Å². The van der Waals surface area contributed by atoms with Crippen molar-refractivity contribution in [3.63, 3.8) is 0 Å². The molecule has 1 saturated heterocycles. The quantitative estimate of drug-likeness (QED) is 0.878. The molecule has 1 aliphatic heterocycles. The van der Waals surface area contributed by atoms with E-state index in [9.17, 15) is 0 Å². The second kappa shape index (κ2) is 6.07. The zero-order chi connectivity index (χ0) is 13.9. The van der Waals surface area contributed by atoms with E-state index in [1.165, 1.54) is 5.56 Å². The number of likely N-dealkylation sites (N-methyl/N-ethyl adjacent to an activating group) is 1. The molecule has 0 saturated carbocycles. The smallest absolute Gasteiger partial charge is 0.105 e. The van der Waals surface area contributed by atoms with Crippen molar-refractivity contribution in [1.29, 1.82) is 0 Å². The lowest BCUT2D eigenvalue weighted by molar-refractivity contribution is 0.0692. The summed E-state index contributed by atoms with van der Waals surface area (Å²) in [4.78, 5) is 4.97. The van der Waals surface area contributed by atoms with Crippen molar-refractivity contribution in [2.75, 3.05) is 39.8 Å². The zero-order valence-electron chi connectivity index (χ0n) is 12.7. The number of rotatable bonds is 5. The summed E-state index contributed by atoms with van der Waals surface area (Å²) in [5, 5.41) is 3.42. The van der Waals surface area contributed by atoms with Crippen molar-refractivity contribution in [2.45, 2.75) is 32.9 Å². The standard InChI is InChI=1S/C15H27N3O/c1-13-14(5-10-19-13)11-17(4)12-15(2,3)18-8-6-16-7-9-18/h5,10,16H,6-9,11-12H2,1-4H3. The Morgan fingerprint density at radius 3 is 2.63 bits per heavy atom. The molecular formula is C15H27N3O. The minimum absolute atomic E-state index is 0.217. The van der Waals surface area contributed by atoms with Gasteiger partial charge in [0.2, 0.25) is 0 Å². The van der Waals surface area contributed by atoms with E-state index in [-0.39, 0.29) is 5.54 Å². The molecule has 1 aromatic heterocycles. The third-order valence-corrected chi connectivity index (χ3v) is 4.04. The molecule has 4 nitrogen and oxygen atoms in total. The number of piperazine rings is 1. The van der Waals surface area contributed by atoms with Crippen molar-refractivity contribution in [3.8, 4) is 0 Å². The molecule has 0 bridgehead atoms. The molecule has 0 aromatic carbocycles. The summed E-state index contributed by atoms with van der Waals surface area (Å²) < 4.78 is 5.37. The zero-order valence-corrected chi connectivity index (χ0v) is 12.7. The highest BCUT2D eigenvalue weighted by Gasteiger charge is 2.29. The van der Waals surface area contributed by atoms with Gasteiger partial charge >= 0.3 is 0 Å². The first-order chi connectivity index (χ1) is 8.99. The first-order valence-corrected chi connectivity index (χ1v) is 7.16. The van der Waals surface area contributed by atoms with Gasteiger partial charge in [0, 0.05) is 50.4 Å². The average molecular weight is 265 g/mol. The van der Waals surface area contributed by atoms with Crippen LogP contribution >= 0.6 is 0 Å². The Bertz CT molecular complexity index is 394. The van der Waals surface area contributed by atoms with Crippen molar-refractivity contribution < 1.29 is 4.42 Å². The van der Waals surface area contributed by atoms with Gasteiger partial charge in [-0.15, -0.1) is 0 Å². The van der Waals surface area contributed by atoms with Gasteiger partial charge in [-0.25, -0.2) is 0 Å². The summed E-state index contributed by atoms with van der Waals surface area (Å²) in [5.41, 5.74) is 1.51. The Balaban J connectivity index is 1.89. The van der Waals surface area contributed by atoms with E-state index < -0.39 is 0 Å². The van der Waals surface area contributed by atoms with Crippen molar-refractivity contribution in [1.82, 2.24) is 15.1 Å². The van der Waals surface area contributed by atoms with Crippen LogP contribution in [0, 0.1) is 6.92 Å². The Morgan fingerprint density at radius 1 is 1.37 bits per heavy atom. The summed E-state index contributed by atoms with van der Waals surface area (Å²) in [5.74, 6) is 1.03. The molecule has 108 valence electrons. The van der Waals surface area contributed by atoms with Crippen LogP contribution in [0.15, 0.2) is 16.7 Å². The molecule has 1 aromatic rings. The lowest BCUT2D eigenvalue weighted by atomic mass is 10.0. The van der Waals surface area contributed by atoms with E-state index in [0.29, 0.717) is 0 Å². The molecule has 1 aliphatic rings. The maximum absolute atomic E-state index is 5.37. The van der Waals surface area contributed by atoms with Gasteiger partial charge < -0.3 is 14.6 Å². The largest absolute Gasteiger partial charge is 0.469 e. The second-order valence-corrected chi connectivity index (χ2v) is 6.22. The maximum atomic E-state index is 5.37. The molecule has 1 fully saturated rings. The van der Waals surface area contributed by atoms with Crippen molar-refractivity contribution in [2.24, 2.45) is 0 Å². The van der Waals surface area contributed by atoms with Crippen LogP contribution in [0.4, 0.5) is 0 Å². The van der Waals surface area contributed by atoms with Gasteiger partial charge in [-0.3, -0.25) is 4.90 Å². The summed E-state index contributed by atoms with van der Waals surface area (Å²) in [6, 6.07) is 2.07. The lowest BCUT2D eigenvalue weighted by Crippen LogP contribution is -2.57. The van der Waals surface area contributed by atoms with Gasteiger partial charge in [-0.2, -0.15) is 0 Å². The second-order valence-electron chi connectivity index (χ2n) is 6.22. The predicted molar refractivity (Wildman–Crippen MR) is 78.3 cm³/mol. The minimum Gasteiger partial charge on any atom is -0.469 e. The van der Waals surface area contributed by atoms with Gasteiger partial charge in [-0.05, 0) is 33.9 Å². The highest BCUT2D eigenvalue weighted by atomic mass is 16.3. The fraction of sp³-hybridized carbons (Fsp3) is 0.733. The molecule has 2 heterocycles. The molecule has 0 radical (unpaired) electrons. The lowest BCUT2D eigenvalue weighted by Gasteiger charge is -2.43. The fourth-order valence-corrected chi connectivity index (χ4v) is 2.95.